The predicted octanol–water partition coefficient (Wildman–Crippen LogP) is 1.56. The highest BCUT2D eigenvalue weighted by Crippen LogP contribution is 2.30. The molecule has 1 aliphatic carbocycles. The third-order valence-corrected chi connectivity index (χ3v) is 5.54. The van der Waals surface area contributed by atoms with E-state index in [1.54, 1.807) is 12.3 Å². The number of hydrogen-bond acceptors (Lipinski definition) is 5. The minimum absolute atomic E-state index is 0. The summed E-state index contributed by atoms with van der Waals surface area (Å²) < 4.78 is 23.8. The Balaban J connectivity index is 0.00000180. The highest BCUT2D eigenvalue weighted by Gasteiger charge is 2.36. The summed E-state index contributed by atoms with van der Waals surface area (Å²) >= 11 is 0. The standard InChI is InChI=1S/C12H19N3O2S.ClH/c1-3-12(2,13)10-6-7-14-11(15-10)8-18(16,17)9-4-5-9;/h6-7,9H,3-5,8,13H2,1-2H3;1H. The fraction of sp³-hybridized carbons (Fsp3) is 0.667. The van der Waals surface area contributed by atoms with E-state index < -0.39 is 15.4 Å². The summed E-state index contributed by atoms with van der Waals surface area (Å²) in [7, 11) is -3.07. The fourth-order valence-electron chi connectivity index (χ4n) is 1.69. The minimum Gasteiger partial charge on any atom is -0.320 e. The molecule has 108 valence electrons. The average Bonchev–Trinajstić information content (AvgIpc) is 3.13. The summed E-state index contributed by atoms with van der Waals surface area (Å²) in [5.41, 5.74) is 6.26. The molecule has 0 aliphatic heterocycles. The summed E-state index contributed by atoms with van der Waals surface area (Å²) in [6.45, 7) is 3.86. The molecule has 0 amide bonds. The maximum atomic E-state index is 11.9. The van der Waals surface area contributed by atoms with E-state index in [0.717, 1.165) is 19.3 Å². The van der Waals surface area contributed by atoms with Crippen molar-refractivity contribution in [1.29, 1.82) is 0 Å². The van der Waals surface area contributed by atoms with Gasteiger partial charge in [-0.25, -0.2) is 18.4 Å². The SMILES string of the molecule is CCC(C)(N)c1ccnc(CS(=O)(=O)C2CC2)n1.Cl. The van der Waals surface area contributed by atoms with E-state index in [9.17, 15) is 8.42 Å². The monoisotopic (exact) mass is 305 g/mol. The van der Waals surface area contributed by atoms with Crippen molar-refractivity contribution in [3.8, 4) is 0 Å². The molecule has 0 saturated heterocycles. The number of nitrogens with two attached hydrogens (primary N) is 1. The van der Waals surface area contributed by atoms with Crippen molar-refractivity contribution in [2.45, 2.75) is 49.7 Å². The van der Waals surface area contributed by atoms with Crippen LogP contribution in [0.2, 0.25) is 0 Å². The molecule has 1 heterocycles. The van der Waals surface area contributed by atoms with Gasteiger partial charge in [0, 0.05) is 6.20 Å². The van der Waals surface area contributed by atoms with Crippen molar-refractivity contribution in [1.82, 2.24) is 9.97 Å². The van der Waals surface area contributed by atoms with Crippen LogP contribution in [0.1, 0.15) is 44.6 Å². The van der Waals surface area contributed by atoms with E-state index in [1.165, 1.54) is 0 Å². The smallest absolute Gasteiger partial charge is 0.160 e. The normalized spacial score (nSPS) is 18.5. The number of sulfone groups is 1. The second-order valence-corrected chi connectivity index (χ2v) is 7.42. The van der Waals surface area contributed by atoms with Crippen LogP contribution in [0.3, 0.4) is 0 Å². The molecule has 0 bridgehead atoms. The lowest BCUT2D eigenvalue weighted by molar-refractivity contribution is 0.459. The summed E-state index contributed by atoms with van der Waals surface area (Å²) in [5.74, 6) is 0.273. The van der Waals surface area contributed by atoms with Gasteiger partial charge >= 0.3 is 0 Å². The minimum atomic E-state index is -3.07. The van der Waals surface area contributed by atoms with Gasteiger partial charge in [0.25, 0.3) is 0 Å². The van der Waals surface area contributed by atoms with Crippen LogP contribution in [0.4, 0.5) is 0 Å². The molecule has 0 radical (unpaired) electrons. The molecule has 2 rings (SSSR count). The zero-order chi connectivity index (χ0) is 13.4. The van der Waals surface area contributed by atoms with Crippen molar-refractivity contribution >= 4 is 22.2 Å². The van der Waals surface area contributed by atoms with E-state index in [4.69, 9.17) is 5.73 Å². The number of halogens is 1. The molecular weight excluding hydrogens is 286 g/mol. The highest BCUT2D eigenvalue weighted by molar-refractivity contribution is 7.91. The highest BCUT2D eigenvalue weighted by atomic mass is 35.5. The topological polar surface area (TPSA) is 85.9 Å². The Bertz CT molecular complexity index is 542. The van der Waals surface area contributed by atoms with Crippen LogP contribution in [-0.4, -0.2) is 23.6 Å². The summed E-state index contributed by atoms with van der Waals surface area (Å²) in [5, 5.41) is -0.180. The Kier molecular flexibility index (Phi) is 4.92. The maximum Gasteiger partial charge on any atom is 0.160 e. The third kappa shape index (κ3) is 3.87. The maximum absolute atomic E-state index is 11.9. The van der Waals surface area contributed by atoms with Gasteiger partial charge in [-0.1, -0.05) is 6.92 Å². The quantitative estimate of drug-likeness (QED) is 0.892. The van der Waals surface area contributed by atoms with Gasteiger partial charge in [0.15, 0.2) is 9.84 Å². The molecule has 1 aromatic rings. The molecular formula is C12H20ClN3O2S. The molecule has 1 aliphatic rings. The molecule has 5 nitrogen and oxygen atoms in total. The van der Waals surface area contributed by atoms with Crippen LogP contribution in [0.25, 0.3) is 0 Å². The largest absolute Gasteiger partial charge is 0.320 e. The molecule has 1 atom stereocenters. The third-order valence-electron chi connectivity index (χ3n) is 3.39. The number of aromatic nitrogens is 2. The lowest BCUT2D eigenvalue weighted by Gasteiger charge is -2.22. The molecule has 1 aromatic heterocycles. The van der Waals surface area contributed by atoms with Crippen LogP contribution in [-0.2, 0) is 21.1 Å². The van der Waals surface area contributed by atoms with Gasteiger partial charge in [-0.2, -0.15) is 0 Å². The summed E-state index contributed by atoms with van der Waals surface area (Å²) in [4.78, 5) is 8.33. The van der Waals surface area contributed by atoms with Gasteiger partial charge in [0.2, 0.25) is 0 Å². The summed E-state index contributed by atoms with van der Waals surface area (Å²) in [6.07, 6.45) is 3.86. The second-order valence-electron chi connectivity index (χ2n) is 5.14. The molecule has 0 spiro atoms. The average molecular weight is 306 g/mol. The van der Waals surface area contributed by atoms with E-state index in [0.29, 0.717) is 11.5 Å². The lowest BCUT2D eigenvalue weighted by atomic mass is 9.96. The predicted molar refractivity (Wildman–Crippen MR) is 76.8 cm³/mol. The second kappa shape index (κ2) is 5.73. The Morgan fingerprint density at radius 2 is 2.11 bits per heavy atom. The van der Waals surface area contributed by atoms with Crippen molar-refractivity contribution in [2.75, 3.05) is 0 Å². The zero-order valence-corrected chi connectivity index (χ0v) is 12.8. The van der Waals surface area contributed by atoms with E-state index >= 15 is 0 Å². The Hall–Kier alpha value is -0.720. The molecule has 0 aromatic carbocycles. The molecule has 19 heavy (non-hydrogen) atoms. The van der Waals surface area contributed by atoms with Gasteiger partial charge in [0.05, 0.1) is 16.5 Å². The van der Waals surface area contributed by atoms with Crippen molar-refractivity contribution in [3.05, 3.63) is 23.8 Å². The van der Waals surface area contributed by atoms with Gasteiger partial charge < -0.3 is 5.73 Å². The van der Waals surface area contributed by atoms with Gasteiger partial charge in [0.1, 0.15) is 11.6 Å². The fourth-order valence-corrected chi connectivity index (χ4v) is 3.28. The lowest BCUT2D eigenvalue weighted by Crippen LogP contribution is -2.33. The van der Waals surface area contributed by atoms with Gasteiger partial charge in [-0.05, 0) is 32.3 Å². The van der Waals surface area contributed by atoms with E-state index in [1.807, 2.05) is 13.8 Å². The first kappa shape index (κ1) is 16.3. The molecule has 7 heteroatoms. The van der Waals surface area contributed by atoms with Crippen LogP contribution >= 0.6 is 12.4 Å². The van der Waals surface area contributed by atoms with Crippen molar-refractivity contribution in [3.63, 3.8) is 0 Å². The van der Waals surface area contributed by atoms with E-state index in [2.05, 4.69) is 9.97 Å². The van der Waals surface area contributed by atoms with E-state index in [-0.39, 0.29) is 23.4 Å². The van der Waals surface area contributed by atoms with Crippen molar-refractivity contribution < 1.29 is 8.42 Å². The van der Waals surface area contributed by atoms with Crippen molar-refractivity contribution in [2.24, 2.45) is 5.73 Å². The van der Waals surface area contributed by atoms with Gasteiger partial charge in [-0.3, -0.25) is 0 Å². The van der Waals surface area contributed by atoms with Crippen LogP contribution < -0.4 is 5.73 Å². The van der Waals surface area contributed by atoms with Crippen LogP contribution in [0.15, 0.2) is 12.3 Å². The Morgan fingerprint density at radius 3 is 2.63 bits per heavy atom. The molecule has 1 unspecified atom stereocenters. The summed E-state index contributed by atoms with van der Waals surface area (Å²) in [6, 6.07) is 1.75. The first-order chi connectivity index (χ1) is 8.35. The molecule has 1 fully saturated rings. The first-order valence-corrected chi connectivity index (χ1v) is 7.89. The Morgan fingerprint density at radius 1 is 1.47 bits per heavy atom. The van der Waals surface area contributed by atoms with Gasteiger partial charge in [-0.15, -0.1) is 12.4 Å². The first-order valence-electron chi connectivity index (χ1n) is 6.18. The Labute approximate surface area is 120 Å². The number of nitrogens with zero attached hydrogens (tertiary/aromatic N) is 2. The van der Waals surface area contributed by atoms with Crippen LogP contribution in [0, 0.1) is 0 Å². The number of hydrogen-bond donors (Lipinski definition) is 1. The number of rotatable bonds is 5. The zero-order valence-electron chi connectivity index (χ0n) is 11.2. The molecule has 1 saturated carbocycles. The molecule has 2 N–H and O–H groups in total. The van der Waals surface area contributed by atoms with Crippen LogP contribution in [0.5, 0.6) is 0 Å².